The van der Waals surface area contributed by atoms with Gasteiger partial charge in [-0.25, -0.2) is 32.7 Å². The number of primary sulfonamides is 1. The number of carbonyl (C=O) groups excluding carboxylic acids is 1. The molecule has 0 aliphatic carbocycles. The van der Waals surface area contributed by atoms with Gasteiger partial charge in [-0.1, -0.05) is 11.6 Å². The van der Waals surface area contributed by atoms with Crippen LogP contribution in [0.4, 0.5) is 26.4 Å². The maximum absolute atomic E-state index is 14.9. The molecule has 0 bridgehead atoms. The highest BCUT2D eigenvalue weighted by Gasteiger charge is 2.21. The van der Waals surface area contributed by atoms with Gasteiger partial charge in [-0.15, -0.1) is 11.8 Å². The zero-order chi connectivity index (χ0) is 25.9. The van der Waals surface area contributed by atoms with Gasteiger partial charge in [0.05, 0.1) is 28.7 Å². The summed E-state index contributed by atoms with van der Waals surface area (Å²) in [7, 11) is -3.85. The van der Waals surface area contributed by atoms with Gasteiger partial charge in [0, 0.05) is 24.3 Å². The highest BCUT2D eigenvalue weighted by atomic mass is 35.5. The van der Waals surface area contributed by atoms with Crippen molar-refractivity contribution >= 4 is 56.6 Å². The van der Waals surface area contributed by atoms with E-state index >= 15 is 0 Å². The second-order valence-electron chi connectivity index (χ2n) is 7.64. The predicted molar refractivity (Wildman–Crippen MR) is 138 cm³/mol. The number of rotatable bonds is 6. The maximum atomic E-state index is 14.9. The lowest BCUT2D eigenvalue weighted by atomic mass is 10.2. The van der Waals surface area contributed by atoms with E-state index in [0.29, 0.717) is 43.4 Å². The van der Waals surface area contributed by atoms with Gasteiger partial charge in [-0.3, -0.25) is 0 Å². The summed E-state index contributed by atoms with van der Waals surface area (Å²) >= 11 is 7.86. The molecule has 2 aromatic carbocycles. The SMILES string of the molecule is CSc1c(Cl)nc(-c2ccc(NC(=O)Nc3ccc(S(N)(=O)=O)cc3)c(F)c2)nc1N1CCOCC1. The molecule has 0 spiro atoms. The molecular weight excluding hydrogens is 531 g/mol. The maximum Gasteiger partial charge on any atom is 0.323 e. The van der Waals surface area contributed by atoms with E-state index in [1.807, 2.05) is 6.26 Å². The molecule has 1 fully saturated rings. The molecule has 1 aliphatic rings. The predicted octanol–water partition coefficient (Wildman–Crippen LogP) is 3.79. The average molecular weight is 553 g/mol. The van der Waals surface area contributed by atoms with Crippen LogP contribution in [0, 0.1) is 5.82 Å². The molecule has 36 heavy (non-hydrogen) atoms. The topological polar surface area (TPSA) is 140 Å². The van der Waals surface area contributed by atoms with Crippen LogP contribution >= 0.6 is 23.4 Å². The number of hydrogen-bond acceptors (Lipinski definition) is 8. The number of carbonyl (C=O) groups is 1. The van der Waals surface area contributed by atoms with E-state index in [9.17, 15) is 17.6 Å². The van der Waals surface area contributed by atoms with E-state index < -0.39 is 21.9 Å². The molecule has 10 nitrogen and oxygen atoms in total. The number of urea groups is 1. The molecule has 2 amide bonds. The summed E-state index contributed by atoms with van der Waals surface area (Å²) in [5.74, 6) is 0.217. The van der Waals surface area contributed by atoms with Crippen LogP contribution in [0.3, 0.4) is 0 Å². The van der Waals surface area contributed by atoms with E-state index in [2.05, 4.69) is 25.5 Å². The number of hydrogen-bond donors (Lipinski definition) is 3. The molecule has 0 atom stereocenters. The van der Waals surface area contributed by atoms with Gasteiger partial charge in [0.1, 0.15) is 16.8 Å². The van der Waals surface area contributed by atoms with Gasteiger partial charge in [-0.05, 0) is 48.7 Å². The smallest absolute Gasteiger partial charge is 0.323 e. The van der Waals surface area contributed by atoms with Crippen LogP contribution in [0.5, 0.6) is 0 Å². The first-order valence-electron chi connectivity index (χ1n) is 10.6. The monoisotopic (exact) mass is 552 g/mol. The van der Waals surface area contributed by atoms with E-state index in [0.717, 1.165) is 4.90 Å². The lowest BCUT2D eigenvalue weighted by Crippen LogP contribution is -2.37. The Morgan fingerprint density at radius 2 is 1.83 bits per heavy atom. The Kier molecular flexibility index (Phi) is 7.95. The van der Waals surface area contributed by atoms with E-state index in [1.165, 1.54) is 48.2 Å². The minimum Gasteiger partial charge on any atom is -0.378 e. The number of thioether (sulfide) groups is 1. The highest BCUT2D eigenvalue weighted by Crippen LogP contribution is 2.35. The van der Waals surface area contributed by atoms with Crippen LogP contribution in [-0.4, -0.2) is 57.0 Å². The summed E-state index contributed by atoms with van der Waals surface area (Å²) in [5, 5.41) is 10.2. The number of sulfonamides is 1. The van der Waals surface area contributed by atoms with Crippen LogP contribution in [0.15, 0.2) is 52.3 Å². The molecule has 2 heterocycles. The number of aromatic nitrogens is 2. The Hall–Kier alpha value is -2.97. The molecular formula is C22H22ClFN6O4S2. The minimum atomic E-state index is -3.85. The number of halogens is 2. The fourth-order valence-electron chi connectivity index (χ4n) is 3.47. The number of nitrogens with one attached hydrogen (secondary N) is 2. The summed E-state index contributed by atoms with van der Waals surface area (Å²) < 4.78 is 43.0. The molecule has 1 aliphatic heterocycles. The number of amides is 2. The Labute approximate surface area is 216 Å². The van der Waals surface area contributed by atoms with Crippen LogP contribution in [0.1, 0.15) is 0 Å². The normalized spacial score (nSPS) is 13.9. The van der Waals surface area contributed by atoms with E-state index in [1.54, 1.807) is 6.07 Å². The summed E-state index contributed by atoms with van der Waals surface area (Å²) in [4.78, 5) is 24.0. The number of benzene rings is 2. The van der Waals surface area contributed by atoms with Crippen molar-refractivity contribution in [1.82, 2.24) is 9.97 Å². The molecule has 4 rings (SSSR count). The van der Waals surface area contributed by atoms with Crippen molar-refractivity contribution in [3.05, 3.63) is 53.4 Å². The molecule has 0 unspecified atom stereocenters. The minimum absolute atomic E-state index is 0.0716. The zero-order valence-corrected chi connectivity index (χ0v) is 21.4. The van der Waals surface area contributed by atoms with Crippen LogP contribution in [0.2, 0.25) is 5.15 Å². The van der Waals surface area contributed by atoms with Gasteiger partial charge in [-0.2, -0.15) is 0 Å². The molecule has 190 valence electrons. The Morgan fingerprint density at radius 3 is 2.44 bits per heavy atom. The van der Waals surface area contributed by atoms with E-state index in [4.69, 9.17) is 21.5 Å². The average Bonchev–Trinajstić information content (AvgIpc) is 2.85. The van der Waals surface area contributed by atoms with Crippen LogP contribution in [0.25, 0.3) is 11.4 Å². The fraction of sp³-hybridized carbons (Fsp3) is 0.227. The molecule has 0 saturated carbocycles. The van der Waals surface area contributed by atoms with Crippen molar-refractivity contribution in [2.24, 2.45) is 5.14 Å². The number of nitrogens with zero attached hydrogens (tertiary/aromatic N) is 3. The van der Waals surface area contributed by atoms with Gasteiger partial charge in [0.15, 0.2) is 5.82 Å². The zero-order valence-electron chi connectivity index (χ0n) is 19.0. The van der Waals surface area contributed by atoms with Crippen molar-refractivity contribution in [3.63, 3.8) is 0 Å². The standard InChI is InChI=1S/C22H22ClFN6O4S2/c1-35-18-19(23)28-20(29-21(18)30-8-10-34-11-9-30)13-2-7-17(16(24)12-13)27-22(31)26-14-3-5-15(6-4-14)36(25,32)33/h2-7,12H,8-11H2,1H3,(H2,25,32,33)(H2,26,27,31). The second kappa shape index (κ2) is 11.0. The number of anilines is 3. The van der Waals surface area contributed by atoms with Crippen molar-refractivity contribution in [2.75, 3.05) is 48.1 Å². The van der Waals surface area contributed by atoms with Crippen molar-refractivity contribution < 1.29 is 22.3 Å². The second-order valence-corrected chi connectivity index (χ2v) is 10.4. The Balaban J connectivity index is 1.51. The lowest BCUT2D eigenvalue weighted by molar-refractivity contribution is 0.122. The fourth-order valence-corrected chi connectivity index (χ4v) is 4.96. The van der Waals surface area contributed by atoms with Crippen molar-refractivity contribution in [1.29, 1.82) is 0 Å². The number of nitrogens with two attached hydrogens (primary N) is 1. The molecule has 0 radical (unpaired) electrons. The first-order valence-corrected chi connectivity index (χ1v) is 13.8. The van der Waals surface area contributed by atoms with Gasteiger partial charge >= 0.3 is 6.03 Å². The largest absolute Gasteiger partial charge is 0.378 e. The van der Waals surface area contributed by atoms with Crippen LogP contribution in [-0.2, 0) is 14.8 Å². The molecule has 1 saturated heterocycles. The molecule has 14 heteroatoms. The summed E-state index contributed by atoms with van der Waals surface area (Å²) in [5.41, 5.74) is 0.614. The first-order chi connectivity index (χ1) is 17.2. The van der Waals surface area contributed by atoms with E-state index in [-0.39, 0.29) is 21.6 Å². The third-order valence-electron chi connectivity index (χ3n) is 5.24. The van der Waals surface area contributed by atoms with Gasteiger partial charge in [0.25, 0.3) is 0 Å². The van der Waals surface area contributed by atoms with Crippen molar-refractivity contribution in [3.8, 4) is 11.4 Å². The summed E-state index contributed by atoms with van der Waals surface area (Å²) in [6.45, 7) is 2.44. The lowest BCUT2D eigenvalue weighted by Gasteiger charge is -2.29. The quantitative estimate of drug-likeness (QED) is 0.310. The Morgan fingerprint density at radius 1 is 1.14 bits per heavy atom. The third kappa shape index (κ3) is 6.05. The van der Waals surface area contributed by atoms with Crippen LogP contribution < -0.4 is 20.7 Å². The molecule has 4 N–H and O–H groups in total. The third-order valence-corrected chi connectivity index (χ3v) is 7.34. The number of ether oxygens (including phenoxy) is 1. The number of morpholine rings is 1. The highest BCUT2D eigenvalue weighted by molar-refractivity contribution is 7.98. The van der Waals surface area contributed by atoms with Crippen molar-refractivity contribution in [2.45, 2.75) is 9.79 Å². The summed E-state index contributed by atoms with van der Waals surface area (Å²) in [6.07, 6.45) is 1.88. The molecule has 3 aromatic rings. The molecule has 1 aromatic heterocycles. The van der Waals surface area contributed by atoms with Gasteiger partial charge < -0.3 is 20.3 Å². The summed E-state index contributed by atoms with van der Waals surface area (Å²) in [6, 6.07) is 8.69. The Bertz CT molecular complexity index is 1390. The van der Waals surface area contributed by atoms with Gasteiger partial charge in [0.2, 0.25) is 10.0 Å². The first kappa shape index (κ1) is 26.1.